The Morgan fingerprint density at radius 2 is 1.56 bits per heavy atom. The Labute approximate surface area is 60.9 Å². The van der Waals surface area contributed by atoms with Gasteiger partial charge in [0.05, 0.1) is 0 Å². The van der Waals surface area contributed by atoms with Crippen LogP contribution in [0.3, 0.4) is 0 Å². The zero-order valence-electron chi connectivity index (χ0n) is 6.53. The van der Waals surface area contributed by atoms with Crippen molar-refractivity contribution in [2.24, 2.45) is 0 Å². The average molecular weight is 142 g/mol. The topological polar surface area (TPSA) is 0 Å². The van der Waals surface area contributed by atoms with E-state index in [2.05, 4.69) is 6.55 Å². The molecule has 0 aromatic heterocycles. The van der Waals surface area contributed by atoms with Crippen molar-refractivity contribution in [3.63, 3.8) is 0 Å². The highest BCUT2D eigenvalue weighted by molar-refractivity contribution is 6.35. The summed E-state index contributed by atoms with van der Waals surface area (Å²) >= 11 is 0. The van der Waals surface area contributed by atoms with Gasteiger partial charge < -0.3 is 0 Å². The van der Waals surface area contributed by atoms with Crippen LogP contribution in [0.1, 0.15) is 38.5 Å². The van der Waals surface area contributed by atoms with E-state index in [1.807, 2.05) is 0 Å². The van der Waals surface area contributed by atoms with E-state index in [4.69, 9.17) is 0 Å². The zero-order chi connectivity index (χ0) is 6.53. The smallest absolute Gasteiger partial charge is 0.0201 e. The van der Waals surface area contributed by atoms with Crippen LogP contribution < -0.4 is 0 Å². The minimum atomic E-state index is 0.346. The average Bonchev–Trinajstić information content (AvgIpc) is 2.13. The molecule has 0 aliphatic heterocycles. The van der Waals surface area contributed by atoms with Crippen LogP contribution in [0.25, 0.3) is 0 Å². The van der Waals surface area contributed by atoms with Gasteiger partial charge in [-0.3, -0.25) is 0 Å². The van der Waals surface area contributed by atoms with Gasteiger partial charge >= 0.3 is 0 Å². The van der Waals surface area contributed by atoms with Gasteiger partial charge in [-0.05, 0) is 0 Å². The Morgan fingerprint density at radius 3 is 2.00 bits per heavy atom. The molecule has 0 nitrogen and oxygen atoms in total. The maximum absolute atomic E-state index is 2.47. The summed E-state index contributed by atoms with van der Waals surface area (Å²) in [5.74, 6) is 0. The number of hydrogen-bond acceptors (Lipinski definition) is 0. The van der Waals surface area contributed by atoms with Gasteiger partial charge in [0.1, 0.15) is 0 Å². The third kappa shape index (κ3) is 2.52. The molecule has 9 heavy (non-hydrogen) atoms. The Balaban J connectivity index is 2.18. The van der Waals surface area contributed by atoms with Gasteiger partial charge in [0.25, 0.3) is 0 Å². The molecule has 0 saturated heterocycles. The minimum Gasteiger partial charge on any atom is -0.0746 e. The molecule has 1 aliphatic rings. The first kappa shape index (κ1) is 7.33. The van der Waals surface area contributed by atoms with Crippen LogP contribution in [0, 0.1) is 0 Å². The SMILES string of the molecule is C[SiH2]C1CCCCCC1. The Morgan fingerprint density at radius 1 is 1.00 bits per heavy atom. The zero-order valence-corrected chi connectivity index (χ0v) is 7.94. The minimum absolute atomic E-state index is 0.346. The van der Waals surface area contributed by atoms with Crippen molar-refractivity contribution in [1.82, 2.24) is 0 Å². The normalized spacial score (nSPS) is 25.0. The predicted molar refractivity (Wildman–Crippen MR) is 45.9 cm³/mol. The van der Waals surface area contributed by atoms with E-state index < -0.39 is 0 Å². The van der Waals surface area contributed by atoms with Crippen LogP contribution >= 0.6 is 0 Å². The molecule has 0 bridgehead atoms. The molecule has 1 aliphatic carbocycles. The highest BCUT2D eigenvalue weighted by atomic mass is 28.2. The summed E-state index contributed by atoms with van der Waals surface area (Å²) in [6.07, 6.45) is 9.25. The Hall–Kier alpha value is 0.217. The van der Waals surface area contributed by atoms with Gasteiger partial charge in [-0.2, -0.15) is 0 Å². The molecule has 0 N–H and O–H groups in total. The van der Waals surface area contributed by atoms with Gasteiger partial charge in [0.15, 0.2) is 0 Å². The molecule has 0 heterocycles. The highest BCUT2D eigenvalue weighted by Gasteiger charge is 2.08. The second kappa shape index (κ2) is 4.10. The van der Waals surface area contributed by atoms with Crippen LogP contribution in [0.4, 0.5) is 0 Å². The standard InChI is InChI=1S/C8H18Si/c1-9-8-6-4-2-3-5-7-8/h8H,2-7,9H2,1H3. The second-order valence-corrected chi connectivity index (χ2v) is 5.24. The second-order valence-electron chi connectivity index (χ2n) is 3.27. The first-order chi connectivity index (χ1) is 4.43. The van der Waals surface area contributed by atoms with Gasteiger partial charge in [-0.1, -0.05) is 50.6 Å². The lowest BCUT2D eigenvalue weighted by Gasteiger charge is -2.07. The molecule has 0 aromatic rings. The summed E-state index contributed by atoms with van der Waals surface area (Å²) in [4.78, 5) is 0. The maximum Gasteiger partial charge on any atom is 0.0201 e. The Bertz CT molecular complexity index is 63.0. The summed E-state index contributed by atoms with van der Waals surface area (Å²) in [6, 6.07) is 0. The van der Waals surface area contributed by atoms with Gasteiger partial charge in [0, 0.05) is 9.52 Å². The van der Waals surface area contributed by atoms with Crippen molar-refractivity contribution in [1.29, 1.82) is 0 Å². The lowest BCUT2D eigenvalue weighted by Crippen LogP contribution is -1.96. The quantitative estimate of drug-likeness (QED) is 0.389. The predicted octanol–water partition coefficient (Wildman–Crippen LogP) is 2.35. The molecule has 54 valence electrons. The van der Waals surface area contributed by atoms with E-state index in [9.17, 15) is 0 Å². The molecule has 0 atom stereocenters. The molecule has 0 unspecified atom stereocenters. The summed E-state index contributed by atoms with van der Waals surface area (Å²) in [5, 5.41) is 0. The largest absolute Gasteiger partial charge is 0.0746 e. The van der Waals surface area contributed by atoms with Crippen LogP contribution in [0.15, 0.2) is 0 Å². The van der Waals surface area contributed by atoms with Crippen molar-refractivity contribution >= 4 is 9.52 Å². The van der Waals surface area contributed by atoms with E-state index in [1.54, 1.807) is 12.8 Å². The van der Waals surface area contributed by atoms with Gasteiger partial charge in [-0.25, -0.2) is 0 Å². The van der Waals surface area contributed by atoms with Crippen LogP contribution in [-0.4, -0.2) is 9.52 Å². The lowest BCUT2D eigenvalue weighted by molar-refractivity contribution is 0.694. The first-order valence-electron chi connectivity index (χ1n) is 4.43. The first-order valence-corrected chi connectivity index (χ1v) is 6.66. The van der Waals surface area contributed by atoms with Crippen molar-refractivity contribution in [2.75, 3.05) is 0 Å². The maximum atomic E-state index is 2.47. The molecule has 0 amide bonds. The molecular weight excluding hydrogens is 124 g/mol. The fourth-order valence-electron chi connectivity index (χ4n) is 1.77. The number of hydrogen-bond donors (Lipinski definition) is 0. The molecule has 0 spiro atoms. The van der Waals surface area contributed by atoms with E-state index in [-0.39, 0.29) is 0 Å². The van der Waals surface area contributed by atoms with Crippen LogP contribution in [-0.2, 0) is 0 Å². The molecule has 0 radical (unpaired) electrons. The Kier molecular flexibility index (Phi) is 3.34. The monoisotopic (exact) mass is 142 g/mol. The molecule has 1 saturated carbocycles. The van der Waals surface area contributed by atoms with E-state index in [1.165, 1.54) is 31.2 Å². The molecule has 1 heteroatoms. The summed E-state index contributed by atoms with van der Waals surface area (Å²) in [6.45, 7) is 2.47. The third-order valence-electron chi connectivity index (χ3n) is 2.55. The summed E-state index contributed by atoms with van der Waals surface area (Å²) in [5.41, 5.74) is 1.22. The molecular formula is C8H18Si. The highest BCUT2D eigenvalue weighted by Crippen LogP contribution is 2.26. The molecule has 1 fully saturated rings. The van der Waals surface area contributed by atoms with Crippen molar-refractivity contribution in [3.8, 4) is 0 Å². The van der Waals surface area contributed by atoms with E-state index in [0.717, 1.165) is 0 Å². The molecule has 0 aromatic carbocycles. The third-order valence-corrected chi connectivity index (χ3v) is 4.52. The van der Waals surface area contributed by atoms with Crippen molar-refractivity contribution in [3.05, 3.63) is 0 Å². The summed E-state index contributed by atoms with van der Waals surface area (Å²) < 4.78 is 0. The fraction of sp³-hybridized carbons (Fsp3) is 1.00. The summed E-state index contributed by atoms with van der Waals surface area (Å²) in [7, 11) is 0.346. The fourth-order valence-corrected chi connectivity index (χ4v) is 3.17. The van der Waals surface area contributed by atoms with Crippen molar-refractivity contribution < 1.29 is 0 Å². The van der Waals surface area contributed by atoms with Crippen LogP contribution in [0.5, 0.6) is 0 Å². The number of rotatable bonds is 1. The molecule has 1 rings (SSSR count). The van der Waals surface area contributed by atoms with Gasteiger partial charge in [-0.15, -0.1) is 0 Å². The van der Waals surface area contributed by atoms with E-state index >= 15 is 0 Å². The van der Waals surface area contributed by atoms with Crippen molar-refractivity contribution in [2.45, 2.75) is 50.6 Å². The van der Waals surface area contributed by atoms with E-state index in [0.29, 0.717) is 9.52 Å². The van der Waals surface area contributed by atoms with Crippen LogP contribution in [0.2, 0.25) is 12.1 Å². The lowest BCUT2D eigenvalue weighted by atomic mass is 10.2. The van der Waals surface area contributed by atoms with Gasteiger partial charge in [0.2, 0.25) is 0 Å².